The van der Waals surface area contributed by atoms with E-state index >= 15 is 0 Å². The highest BCUT2D eigenvalue weighted by atomic mass is 127. The minimum atomic E-state index is -0.165. The molecule has 88 valence electrons. The lowest BCUT2D eigenvalue weighted by atomic mass is 10.3. The van der Waals surface area contributed by atoms with Gasteiger partial charge in [0.25, 0.3) is 5.91 Å². The molecule has 1 aromatic heterocycles. The molecule has 0 radical (unpaired) electrons. The number of nitrogens with zero attached hydrogens (tertiary/aromatic N) is 1. The molecule has 1 heterocycles. The molecule has 0 bridgehead atoms. The molecular weight excluding hydrogens is 351 g/mol. The van der Waals surface area contributed by atoms with Crippen molar-refractivity contribution in [3.8, 4) is 0 Å². The number of halogens is 2. The van der Waals surface area contributed by atoms with E-state index in [-0.39, 0.29) is 5.91 Å². The van der Waals surface area contributed by atoms with Gasteiger partial charge in [-0.15, -0.1) is 0 Å². The predicted molar refractivity (Wildman–Crippen MR) is 77.5 cm³/mol. The number of hydrogen-bond acceptors (Lipinski definition) is 1. The molecule has 5 heteroatoms. The van der Waals surface area contributed by atoms with Crippen LogP contribution in [0.4, 0.5) is 5.69 Å². The average Bonchev–Trinajstić information content (AvgIpc) is 2.58. The molecule has 2 aromatic rings. The van der Waals surface area contributed by atoms with Crippen molar-refractivity contribution >= 4 is 45.8 Å². The van der Waals surface area contributed by atoms with E-state index in [9.17, 15) is 4.79 Å². The number of aromatic nitrogens is 1. The lowest BCUT2D eigenvalue weighted by Gasteiger charge is -2.06. The first kappa shape index (κ1) is 12.4. The molecule has 0 aliphatic carbocycles. The summed E-state index contributed by atoms with van der Waals surface area (Å²) in [5, 5.41) is 3.39. The van der Waals surface area contributed by atoms with Crippen LogP contribution in [0.1, 0.15) is 10.5 Å². The Kier molecular flexibility index (Phi) is 3.73. The molecule has 0 saturated heterocycles. The van der Waals surface area contributed by atoms with E-state index in [2.05, 4.69) is 27.9 Å². The van der Waals surface area contributed by atoms with Crippen molar-refractivity contribution in [2.24, 2.45) is 7.05 Å². The molecule has 0 aliphatic heterocycles. The van der Waals surface area contributed by atoms with Gasteiger partial charge in [0.15, 0.2) is 0 Å². The highest BCUT2D eigenvalue weighted by Gasteiger charge is 2.11. The monoisotopic (exact) mass is 360 g/mol. The highest BCUT2D eigenvalue weighted by Crippen LogP contribution is 2.16. The van der Waals surface area contributed by atoms with Gasteiger partial charge in [0.05, 0.1) is 5.02 Å². The SMILES string of the molecule is Cn1cc(Cl)cc1C(=O)Nc1cccc(I)c1. The third kappa shape index (κ3) is 3.01. The zero-order valence-electron chi connectivity index (χ0n) is 9.08. The van der Waals surface area contributed by atoms with Crippen LogP contribution < -0.4 is 5.32 Å². The summed E-state index contributed by atoms with van der Waals surface area (Å²) >= 11 is 8.04. The molecule has 0 unspecified atom stereocenters. The number of rotatable bonds is 2. The highest BCUT2D eigenvalue weighted by molar-refractivity contribution is 14.1. The van der Waals surface area contributed by atoms with Gasteiger partial charge in [-0.25, -0.2) is 0 Å². The Bertz CT molecular complexity index is 565. The first-order chi connectivity index (χ1) is 8.06. The Morgan fingerprint density at radius 1 is 1.41 bits per heavy atom. The van der Waals surface area contributed by atoms with Gasteiger partial charge in [0, 0.05) is 22.5 Å². The van der Waals surface area contributed by atoms with Gasteiger partial charge in [-0.05, 0) is 46.9 Å². The second-order valence-electron chi connectivity index (χ2n) is 3.62. The van der Waals surface area contributed by atoms with E-state index in [1.54, 1.807) is 23.9 Å². The van der Waals surface area contributed by atoms with E-state index in [4.69, 9.17) is 11.6 Å². The fraction of sp³-hybridized carbons (Fsp3) is 0.0833. The number of carbonyl (C=O) groups is 1. The van der Waals surface area contributed by atoms with Crippen LogP contribution in [-0.2, 0) is 7.05 Å². The largest absolute Gasteiger partial charge is 0.345 e. The second-order valence-corrected chi connectivity index (χ2v) is 5.30. The van der Waals surface area contributed by atoms with Crippen LogP contribution in [0.5, 0.6) is 0 Å². The van der Waals surface area contributed by atoms with Gasteiger partial charge in [0.1, 0.15) is 5.69 Å². The molecule has 0 atom stereocenters. The second kappa shape index (κ2) is 5.10. The summed E-state index contributed by atoms with van der Waals surface area (Å²) in [6, 6.07) is 9.27. The smallest absolute Gasteiger partial charge is 0.272 e. The third-order valence-corrected chi connectivity index (χ3v) is 3.16. The van der Waals surface area contributed by atoms with Gasteiger partial charge in [-0.1, -0.05) is 17.7 Å². The molecule has 0 aliphatic rings. The van der Waals surface area contributed by atoms with Crippen molar-refractivity contribution in [3.63, 3.8) is 0 Å². The lowest BCUT2D eigenvalue weighted by Crippen LogP contribution is -2.15. The van der Waals surface area contributed by atoms with E-state index in [0.29, 0.717) is 10.7 Å². The number of hydrogen-bond donors (Lipinski definition) is 1. The number of benzene rings is 1. The van der Waals surface area contributed by atoms with Gasteiger partial charge in [-0.3, -0.25) is 4.79 Å². The van der Waals surface area contributed by atoms with Crippen LogP contribution in [0.15, 0.2) is 36.5 Å². The molecule has 0 saturated carbocycles. The van der Waals surface area contributed by atoms with Crippen molar-refractivity contribution in [1.82, 2.24) is 4.57 Å². The number of nitrogens with one attached hydrogen (secondary N) is 1. The Labute approximate surface area is 118 Å². The quantitative estimate of drug-likeness (QED) is 0.817. The summed E-state index contributed by atoms with van der Waals surface area (Å²) in [6.07, 6.45) is 1.70. The minimum Gasteiger partial charge on any atom is -0.345 e. The summed E-state index contributed by atoms with van der Waals surface area (Å²) in [6.45, 7) is 0. The molecule has 1 aromatic carbocycles. The van der Waals surface area contributed by atoms with Crippen LogP contribution in [0, 0.1) is 3.57 Å². The maximum absolute atomic E-state index is 12.0. The van der Waals surface area contributed by atoms with E-state index in [0.717, 1.165) is 9.26 Å². The van der Waals surface area contributed by atoms with Crippen molar-refractivity contribution in [1.29, 1.82) is 0 Å². The average molecular weight is 361 g/mol. The minimum absolute atomic E-state index is 0.165. The standard InChI is InChI=1S/C12H10ClIN2O/c1-16-7-8(13)5-11(16)12(17)15-10-4-2-3-9(14)6-10/h2-7H,1H3,(H,15,17). The van der Waals surface area contributed by atoms with E-state index in [1.807, 2.05) is 24.3 Å². The normalized spacial score (nSPS) is 10.3. The summed E-state index contributed by atoms with van der Waals surface area (Å²) in [5.41, 5.74) is 1.31. The number of carbonyl (C=O) groups excluding carboxylic acids is 1. The van der Waals surface area contributed by atoms with E-state index in [1.165, 1.54) is 0 Å². The van der Waals surface area contributed by atoms with Crippen LogP contribution in [0.2, 0.25) is 5.02 Å². The topological polar surface area (TPSA) is 34.0 Å². The van der Waals surface area contributed by atoms with Crippen LogP contribution in [0.25, 0.3) is 0 Å². The third-order valence-electron chi connectivity index (χ3n) is 2.29. The van der Waals surface area contributed by atoms with Crippen LogP contribution in [0.3, 0.4) is 0 Å². The Hall–Kier alpha value is -1.01. The lowest BCUT2D eigenvalue weighted by molar-refractivity contribution is 0.101. The Morgan fingerprint density at radius 2 is 2.18 bits per heavy atom. The zero-order chi connectivity index (χ0) is 12.4. The summed E-state index contributed by atoms with van der Waals surface area (Å²) in [7, 11) is 1.79. The van der Waals surface area contributed by atoms with Crippen LogP contribution >= 0.6 is 34.2 Å². The maximum atomic E-state index is 12.0. The molecule has 1 N–H and O–H groups in total. The first-order valence-electron chi connectivity index (χ1n) is 4.95. The molecule has 17 heavy (non-hydrogen) atoms. The van der Waals surface area contributed by atoms with Gasteiger partial charge in [0.2, 0.25) is 0 Å². The van der Waals surface area contributed by atoms with Gasteiger partial charge >= 0.3 is 0 Å². The maximum Gasteiger partial charge on any atom is 0.272 e. The number of anilines is 1. The summed E-state index contributed by atoms with van der Waals surface area (Å²) in [5.74, 6) is -0.165. The van der Waals surface area contributed by atoms with Gasteiger partial charge in [-0.2, -0.15) is 0 Å². The fourth-order valence-electron chi connectivity index (χ4n) is 1.51. The molecule has 0 fully saturated rings. The summed E-state index contributed by atoms with van der Waals surface area (Å²) in [4.78, 5) is 12.0. The van der Waals surface area contributed by atoms with Gasteiger partial charge < -0.3 is 9.88 Å². The number of amides is 1. The van der Waals surface area contributed by atoms with Crippen molar-refractivity contribution in [3.05, 3.63) is 50.8 Å². The summed E-state index contributed by atoms with van der Waals surface area (Å²) < 4.78 is 2.77. The zero-order valence-corrected chi connectivity index (χ0v) is 12.0. The van der Waals surface area contributed by atoms with Crippen molar-refractivity contribution < 1.29 is 4.79 Å². The predicted octanol–water partition coefficient (Wildman–Crippen LogP) is 3.54. The Morgan fingerprint density at radius 3 is 2.76 bits per heavy atom. The Balaban J connectivity index is 2.20. The first-order valence-corrected chi connectivity index (χ1v) is 6.41. The van der Waals surface area contributed by atoms with Crippen molar-refractivity contribution in [2.75, 3.05) is 5.32 Å². The van der Waals surface area contributed by atoms with E-state index < -0.39 is 0 Å². The molecular formula is C12H10ClIN2O. The molecule has 3 nitrogen and oxygen atoms in total. The fourth-order valence-corrected chi connectivity index (χ4v) is 2.30. The molecule has 0 spiro atoms. The van der Waals surface area contributed by atoms with Crippen LogP contribution in [-0.4, -0.2) is 10.5 Å². The number of aryl methyl sites for hydroxylation is 1. The molecule has 1 amide bonds. The molecule has 2 rings (SSSR count). The van der Waals surface area contributed by atoms with Crippen molar-refractivity contribution in [2.45, 2.75) is 0 Å².